The summed E-state index contributed by atoms with van der Waals surface area (Å²) in [7, 11) is 0. The molecular formula is C15H20N4O2. The van der Waals surface area contributed by atoms with Crippen LogP contribution in [0.2, 0.25) is 0 Å². The average molecular weight is 288 g/mol. The number of aromatic nitrogens is 2. The van der Waals surface area contributed by atoms with Crippen LogP contribution in [0.5, 0.6) is 0 Å². The Kier molecular flexibility index (Phi) is 4.94. The minimum atomic E-state index is -0.189. The molecule has 1 unspecified atom stereocenters. The summed E-state index contributed by atoms with van der Waals surface area (Å²) >= 11 is 0. The molecule has 0 radical (unpaired) electrons. The molecule has 6 heteroatoms. The van der Waals surface area contributed by atoms with Gasteiger partial charge in [0, 0.05) is 30.5 Å². The first kappa shape index (κ1) is 15.1. The maximum Gasteiger partial charge on any atom is 0.330 e. The molecule has 21 heavy (non-hydrogen) atoms. The Morgan fingerprint density at radius 2 is 2.05 bits per heavy atom. The van der Waals surface area contributed by atoms with Gasteiger partial charge >= 0.3 is 5.69 Å². The van der Waals surface area contributed by atoms with Crippen molar-refractivity contribution < 1.29 is 4.79 Å². The Morgan fingerprint density at radius 1 is 1.33 bits per heavy atom. The number of hydrogen-bond acceptors (Lipinski definition) is 3. The van der Waals surface area contributed by atoms with E-state index < -0.39 is 0 Å². The number of carbonyl (C=O) groups excluding carboxylic acids is 1. The van der Waals surface area contributed by atoms with Crippen molar-refractivity contribution in [2.45, 2.75) is 13.8 Å². The lowest BCUT2D eigenvalue weighted by Gasteiger charge is -2.12. The molecule has 0 fully saturated rings. The summed E-state index contributed by atoms with van der Waals surface area (Å²) in [6.07, 6.45) is 3.24. The van der Waals surface area contributed by atoms with Gasteiger partial charge in [0.25, 0.3) is 0 Å². The highest BCUT2D eigenvalue weighted by atomic mass is 16.2. The van der Waals surface area contributed by atoms with Crippen LogP contribution in [0, 0.1) is 5.92 Å². The topological polar surface area (TPSA) is 78.9 Å². The van der Waals surface area contributed by atoms with E-state index in [9.17, 15) is 9.59 Å². The molecule has 6 nitrogen and oxygen atoms in total. The number of aromatic amines is 1. The van der Waals surface area contributed by atoms with Crippen molar-refractivity contribution in [3.63, 3.8) is 0 Å². The molecule has 1 aromatic carbocycles. The van der Waals surface area contributed by atoms with Gasteiger partial charge in [0.1, 0.15) is 0 Å². The molecule has 0 bridgehead atoms. The number of imidazole rings is 1. The molecule has 0 aliphatic carbocycles. The fourth-order valence-corrected chi connectivity index (χ4v) is 1.95. The summed E-state index contributed by atoms with van der Waals surface area (Å²) in [6.45, 7) is 5.38. The minimum Gasteiger partial charge on any atom is -0.326 e. The lowest BCUT2D eigenvalue weighted by Crippen LogP contribution is -2.30. The molecule has 0 saturated heterocycles. The first-order valence-corrected chi connectivity index (χ1v) is 7.00. The second-order valence-electron chi connectivity index (χ2n) is 4.88. The summed E-state index contributed by atoms with van der Waals surface area (Å²) < 4.78 is 1.50. The Hall–Kier alpha value is -2.34. The summed E-state index contributed by atoms with van der Waals surface area (Å²) in [5.41, 5.74) is 1.28. The predicted octanol–water partition coefficient (Wildman–Crippen LogP) is 1.35. The van der Waals surface area contributed by atoms with Crippen molar-refractivity contribution in [2.75, 3.05) is 18.4 Å². The monoisotopic (exact) mass is 288 g/mol. The molecule has 2 rings (SSSR count). The SMILES string of the molecule is CCNCC(C)C(=O)Nc1ccc(-n2cc[nH]c2=O)cc1. The van der Waals surface area contributed by atoms with E-state index in [1.54, 1.807) is 36.7 Å². The van der Waals surface area contributed by atoms with Crippen molar-refractivity contribution in [3.8, 4) is 5.69 Å². The number of anilines is 1. The van der Waals surface area contributed by atoms with Crippen LogP contribution in [0.15, 0.2) is 41.5 Å². The van der Waals surface area contributed by atoms with Gasteiger partial charge in [0.15, 0.2) is 0 Å². The van der Waals surface area contributed by atoms with E-state index in [1.807, 2.05) is 13.8 Å². The van der Waals surface area contributed by atoms with Crippen molar-refractivity contribution >= 4 is 11.6 Å². The molecule has 0 saturated carbocycles. The number of benzene rings is 1. The van der Waals surface area contributed by atoms with Crippen molar-refractivity contribution in [2.24, 2.45) is 5.92 Å². The standard InChI is InChI=1S/C15H20N4O2/c1-3-16-10-11(2)14(20)18-12-4-6-13(7-5-12)19-9-8-17-15(19)21/h4-9,11,16H,3,10H2,1-2H3,(H,17,21)(H,18,20). The zero-order valence-corrected chi connectivity index (χ0v) is 12.2. The second-order valence-corrected chi connectivity index (χ2v) is 4.88. The number of amides is 1. The first-order valence-electron chi connectivity index (χ1n) is 7.00. The molecule has 2 aromatic rings. The van der Waals surface area contributed by atoms with Crippen LogP contribution in [0.3, 0.4) is 0 Å². The molecule has 1 atom stereocenters. The Labute approximate surface area is 123 Å². The molecule has 1 amide bonds. The quantitative estimate of drug-likeness (QED) is 0.750. The molecule has 0 aliphatic heterocycles. The maximum absolute atomic E-state index is 12.0. The Bertz CT molecular complexity index is 642. The average Bonchev–Trinajstić information content (AvgIpc) is 2.91. The fraction of sp³-hybridized carbons (Fsp3) is 0.333. The Morgan fingerprint density at radius 3 is 2.62 bits per heavy atom. The van der Waals surface area contributed by atoms with Gasteiger partial charge < -0.3 is 15.6 Å². The number of hydrogen-bond donors (Lipinski definition) is 3. The van der Waals surface area contributed by atoms with E-state index in [-0.39, 0.29) is 17.5 Å². The highest BCUT2D eigenvalue weighted by Gasteiger charge is 2.12. The third-order valence-electron chi connectivity index (χ3n) is 3.21. The highest BCUT2D eigenvalue weighted by Crippen LogP contribution is 2.13. The van der Waals surface area contributed by atoms with Gasteiger partial charge in [-0.05, 0) is 30.8 Å². The van der Waals surface area contributed by atoms with Gasteiger partial charge in [-0.1, -0.05) is 13.8 Å². The van der Waals surface area contributed by atoms with Crippen LogP contribution in [-0.2, 0) is 4.79 Å². The lowest BCUT2D eigenvalue weighted by molar-refractivity contribution is -0.119. The van der Waals surface area contributed by atoms with Crippen molar-refractivity contribution in [3.05, 3.63) is 47.1 Å². The van der Waals surface area contributed by atoms with Crippen LogP contribution in [0.4, 0.5) is 5.69 Å². The molecule has 1 aromatic heterocycles. The molecule has 3 N–H and O–H groups in total. The molecule has 0 aliphatic rings. The van der Waals surface area contributed by atoms with Crippen LogP contribution < -0.4 is 16.3 Å². The van der Waals surface area contributed by atoms with E-state index in [2.05, 4.69) is 15.6 Å². The molecule has 1 heterocycles. The van der Waals surface area contributed by atoms with E-state index in [1.165, 1.54) is 4.57 Å². The van der Waals surface area contributed by atoms with E-state index in [4.69, 9.17) is 0 Å². The third kappa shape index (κ3) is 3.82. The number of H-pyrrole nitrogens is 1. The summed E-state index contributed by atoms with van der Waals surface area (Å²) in [5, 5.41) is 6.01. The smallest absolute Gasteiger partial charge is 0.326 e. The zero-order valence-electron chi connectivity index (χ0n) is 12.2. The Balaban J connectivity index is 2.01. The first-order chi connectivity index (χ1) is 10.1. The molecular weight excluding hydrogens is 268 g/mol. The summed E-state index contributed by atoms with van der Waals surface area (Å²) in [6, 6.07) is 7.15. The van der Waals surface area contributed by atoms with Crippen molar-refractivity contribution in [1.29, 1.82) is 0 Å². The van der Waals surface area contributed by atoms with Gasteiger partial charge in [0.05, 0.1) is 5.69 Å². The van der Waals surface area contributed by atoms with E-state index in [0.717, 1.165) is 17.9 Å². The second kappa shape index (κ2) is 6.90. The number of rotatable bonds is 6. The number of carbonyl (C=O) groups is 1. The van der Waals surface area contributed by atoms with E-state index in [0.29, 0.717) is 6.54 Å². The molecule has 0 spiro atoms. The largest absolute Gasteiger partial charge is 0.330 e. The summed E-state index contributed by atoms with van der Waals surface area (Å²) in [4.78, 5) is 26.1. The van der Waals surface area contributed by atoms with Gasteiger partial charge in [0.2, 0.25) is 5.91 Å². The van der Waals surface area contributed by atoms with Gasteiger partial charge in [-0.25, -0.2) is 4.79 Å². The maximum atomic E-state index is 12.0. The van der Waals surface area contributed by atoms with Crippen LogP contribution in [0.1, 0.15) is 13.8 Å². The van der Waals surface area contributed by atoms with Crippen LogP contribution in [-0.4, -0.2) is 28.5 Å². The van der Waals surface area contributed by atoms with Crippen molar-refractivity contribution in [1.82, 2.24) is 14.9 Å². The zero-order chi connectivity index (χ0) is 15.2. The number of nitrogens with one attached hydrogen (secondary N) is 3. The number of nitrogens with zero attached hydrogens (tertiary/aromatic N) is 1. The highest BCUT2D eigenvalue weighted by molar-refractivity contribution is 5.92. The van der Waals surface area contributed by atoms with E-state index >= 15 is 0 Å². The minimum absolute atomic E-state index is 0.0255. The van der Waals surface area contributed by atoms with Crippen LogP contribution in [0.25, 0.3) is 5.69 Å². The van der Waals surface area contributed by atoms with Crippen LogP contribution >= 0.6 is 0 Å². The summed E-state index contributed by atoms with van der Waals surface area (Å²) in [5.74, 6) is -0.126. The van der Waals surface area contributed by atoms with Gasteiger partial charge in [-0.3, -0.25) is 9.36 Å². The third-order valence-corrected chi connectivity index (χ3v) is 3.21. The molecule has 112 valence electrons. The lowest BCUT2D eigenvalue weighted by atomic mass is 10.1. The normalized spacial score (nSPS) is 12.1. The predicted molar refractivity (Wildman–Crippen MR) is 82.7 cm³/mol. The fourth-order valence-electron chi connectivity index (χ4n) is 1.95. The van der Waals surface area contributed by atoms with Gasteiger partial charge in [-0.15, -0.1) is 0 Å². The van der Waals surface area contributed by atoms with Gasteiger partial charge in [-0.2, -0.15) is 0 Å².